The Morgan fingerprint density at radius 1 is 1.20 bits per heavy atom. The van der Waals surface area contributed by atoms with Crippen molar-refractivity contribution in [3.8, 4) is 0 Å². The molecule has 2 unspecified atom stereocenters. The van der Waals surface area contributed by atoms with Gasteiger partial charge in [0.05, 0.1) is 6.10 Å². The quantitative estimate of drug-likeness (QED) is 0.578. The zero-order chi connectivity index (χ0) is 6.97. The molecule has 2 fully saturated rings. The lowest BCUT2D eigenvalue weighted by Gasteiger charge is -2.07. The molecular formula is C8H15NO. The molecule has 10 heavy (non-hydrogen) atoms. The number of nitrogens with one attached hydrogen (secondary N) is 1. The molecule has 0 aromatic carbocycles. The molecule has 1 aliphatic carbocycles. The van der Waals surface area contributed by atoms with Crippen molar-refractivity contribution >= 4 is 0 Å². The van der Waals surface area contributed by atoms with Crippen molar-refractivity contribution in [1.29, 1.82) is 0 Å². The second-order valence-corrected chi connectivity index (χ2v) is 3.51. The molecule has 0 aromatic heterocycles. The molecule has 0 bridgehead atoms. The average Bonchev–Trinajstić information content (AvgIpc) is 2.42. The van der Waals surface area contributed by atoms with Crippen LogP contribution in [0.4, 0.5) is 0 Å². The van der Waals surface area contributed by atoms with Crippen molar-refractivity contribution in [2.45, 2.75) is 18.9 Å². The predicted octanol–water partition coefficient (Wildman–Crippen LogP) is 0.631. The lowest BCUT2D eigenvalue weighted by Crippen LogP contribution is -2.15. The highest BCUT2D eigenvalue weighted by Gasteiger charge is 2.36. The van der Waals surface area contributed by atoms with Crippen LogP contribution in [0.3, 0.4) is 0 Å². The molecule has 1 N–H and O–H groups in total. The van der Waals surface area contributed by atoms with E-state index in [9.17, 15) is 0 Å². The van der Waals surface area contributed by atoms with Crippen LogP contribution in [0, 0.1) is 11.8 Å². The molecule has 2 atom stereocenters. The molecule has 0 aromatic rings. The van der Waals surface area contributed by atoms with Gasteiger partial charge in [0.25, 0.3) is 0 Å². The number of ether oxygens (including phenoxy) is 1. The average molecular weight is 141 g/mol. The predicted molar refractivity (Wildman–Crippen MR) is 39.9 cm³/mol. The molecule has 1 saturated carbocycles. The number of methoxy groups -OCH3 is 1. The molecule has 2 nitrogen and oxygen atoms in total. The van der Waals surface area contributed by atoms with E-state index in [0.29, 0.717) is 6.10 Å². The second-order valence-electron chi connectivity index (χ2n) is 3.51. The summed E-state index contributed by atoms with van der Waals surface area (Å²) < 4.78 is 5.32. The van der Waals surface area contributed by atoms with Gasteiger partial charge in [0.2, 0.25) is 0 Å². The minimum absolute atomic E-state index is 0.567. The van der Waals surface area contributed by atoms with Crippen LogP contribution in [0.15, 0.2) is 0 Å². The summed E-state index contributed by atoms with van der Waals surface area (Å²) in [7, 11) is 1.83. The molecule has 2 aliphatic rings. The third kappa shape index (κ3) is 0.956. The maximum absolute atomic E-state index is 5.32. The van der Waals surface area contributed by atoms with Gasteiger partial charge in [0.15, 0.2) is 0 Å². The minimum atomic E-state index is 0.567. The van der Waals surface area contributed by atoms with E-state index in [-0.39, 0.29) is 0 Å². The van der Waals surface area contributed by atoms with Crippen LogP contribution < -0.4 is 5.32 Å². The van der Waals surface area contributed by atoms with Gasteiger partial charge in [-0.25, -0.2) is 0 Å². The first-order chi connectivity index (χ1) is 4.90. The first-order valence-corrected chi connectivity index (χ1v) is 4.13. The van der Waals surface area contributed by atoms with Crippen LogP contribution >= 0.6 is 0 Å². The summed E-state index contributed by atoms with van der Waals surface area (Å²) in [5, 5.41) is 3.41. The SMILES string of the molecule is COC1CC2CNCC2C1. The van der Waals surface area contributed by atoms with E-state index in [0.717, 1.165) is 11.8 Å². The van der Waals surface area contributed by atoms with Crippen molar-refractivity contribution in [3.63, 3.8) is 0 Å². The zero-order valence-corrected chi connectivity index (χ0v) is 6.47. The second kappa shape index (κ2) is 2.51. The van der Waals surface area contributed by atoms with Gasteiger partial charge >= 0.3 is 0 Å². The van der Waals surface area contributed by atoms with Gasteiger partial charge in [-0.1, -0.05) is 0 Å². The van der Waals surface area contributed by atoms with E-state index in [1.165, 1.54) is 25.9 Å². The van der Waals surface area contributed by atoms with Crippen LogP contribution in [-0.4, -0.2) is 26.3 Å². The van der Waals surface area contributed by atoms with Crippen LogP contribution in [-0.2, 0) is 4.74 Å². The molecule has 2 rings (SSSR count). The van der Waals surface area contributed by atoms with Gasteiger partial charge in [0, 0.05) is 7.11 Å². The van der Waals surface area contributed by atoms with Gasteiger partial charge in [-0.05, 0) is 37.8 Å². The Morgan fingerprint density at radius 2 is 1.80 bits per heavy atom. The monoisotopic (exact) mass is 141 g/mol. The number of hydrogen-bond acceptors (Lipinski definition) is 2. The normalized spacial score (nSPS) is 45.9. The summed E-state index contributed by atoms with van der Waals surface area (Å²) >= 11 is 0. The van der Waals surface area contributed by atoms with Gasteiger partial charge < -0.3 is 10.1 Å². The zero-order valence-electron chi connectivity index (χ0n) is 6.47. The summed E-state index contributed by atoms with van der Waals surface area (Å²) in [4.78, 5) is 0. The minimum Gasteiger partial charge on any atom is -0.381 e. The van der Waals surface area contributed by atoms with Crippen molar-refractivity contribution in [2.24, 2.45) is 11.8 Å². The number of hydrogen-bond donors (Lipinski definition) is 1. The smallest absolute Gasteiger partial charge is 0.0577 e. The Labute approximate surface area is 61.9 Å². The summed E-state index contributed by atoms with van der Waals surface area (Å²) in [5.41, 5.74) is 0. The van der Waals surface area contributed by atoms with E-state index in [4.69, 9.17) is 4.74 Å². The molecule has 0 spiro atoms. The van der Waals surface area contributed by atoms with E-state index < -0.39 is 0 Å². The Morgan fingerprint density at radius 3 is 2.30 bits per heavy atom. The van der Waals surface area contributed by atoms with E-state index in [1.54, 1.807) is 0 Å². The van der Waals surface area contributed by atoms with Crippen LogP contribution in [0.5, 0.6) is 0 Å². The first-order valence-electron chi connectivity index (χ1n) is 4.13. The molecular weight excluding hydrogens is 126 g/mol. The van der Waals surface area contributed by atoms with Gasteiger partial charge in [-0.3, -0.25) is 0 Å². The fraction of sp³-hybridized carbons (Fsp3) is 1.00. The summed E-state index contributed by atoms with van der Waals surface area (Å²) in [6.07, 6.45) is 3.14. The summed E-state index contributed by atoms with van der Waals surface area (Å²) in [6, 6.07) is 0. The van der Waals surface area contributed by atoms with Gasteiger partial charge in [-0.15, -0.1) is 0 Å². The molecule has 2 heteroatoms. The van der Waals surface area contributed by atoms with E-state index >= 15 is 0 Å². The fourth-order valence-electron chi connectivity index (χ4n) is 2.30. The Kier molecular flexibility index (Phi) is 1.66. The molecule has 1 heterocycles. The molecule has 0 amide bonds. The van der Waals surface area contributed by atoms with Crippen molar-refractivity contribution in [1.82, 2.24) is 5.32 Å². The first kappa shape index (κ1) is 6.62. The number of fused-ring (bicyclic) bond motifs is 1. The van der Waals surface area contributed by atoms with Crippen molar-refractivity contribution < 1.29 is 4.74 Å². The van der Waals surface area contributed by atoms with Gasteiger partial charge in [0.1, 0.15) is 0 Å². The summed E-state index contributed by atoms with van der Waals surface area (Å²) in [5.74, 6) is 1.84. The Balaban J connectivity index is 1.94. The molecule has 1 aliphatic heterocycles. The standard InChI is InChI=1S/C8H15NO/c1-10-8-2-6-4-9-5-7(6)3-8/h6-9H,2-5H2,1H3. The highest BCUT2D eigenvalue weighted by Crippen LogP contribution is 2.35. The topological polar surface area (TPSA) is 21.3 Å². The van der Waals surface area contributed by atoms with Crippen LogP contribution in [0.1, 0.15) is 12.8 Å². The highest BCUT2D eigenvalue weighted by molar-refractivity contribution is 4.90. The third-order valence-corrected chi connectivity index (χ3v) is 2.94. The maximum atomic E-state index is 5.32. The largest absolute Gasteiger partial charge is 0.381 e. The van der Waals surface area contributed by atoms with Gasteiger partial charge in [-0.2, -0.15) is 0 Å². The van der Waals surface area contributed by atoms with E-state index in [1.807, 2.05) is 7.11 Å². The fourth-order valence-corrected chi connectivity index (χ4v) is 2.30. The lowest BCUT2D eigenvalue weighted by molar-refractivity contribution is 0.102. The molecule has 0 radical (unpaired) electrons. The molecule has 58 valence electrons. The Hall–Kier alpha value is -0.0800. The highest BCUT2D eigenvalue weighted by atomic mass is 16.5. The third-order valence-electron chi connectivity index (χ3n) is 2.94. The Bertz CT molecular complexity index is 114. The van der Waals surface area contributed by atoms with Crippen LogP contribution in [0.2, 0.25) is 0 Å². The van der Waals surface area contributed by atoms with Crippen LogP contribution in [0.25, 0.3) is 0 Å². The lowest BCUT2D eigenvalue weighted by atomic mass is 10.0. The summed E-state index contributed by atoms with van der Waals surface area (Å²) in [6.45, 7) is 2.45. The maximum Gasteiger partial charge on any atom is 0.0577 e. The van der Waals surface area contributed by atoms with E-state index in [2.05, 4.69) is 5.32 Å². The number of rotatable bonds is 1. The van der Waals surface area contributed by atoms with Crippen molar-refractivity contribution in [3.05, 3.63) is 0 Å². The molecule has 1 saturated heterocycles. The van der Waals surface area contributed by atoms with Crippen molar-refractivity contribution in [2.75, 3.05) is 20.2 Å².